The summed E-state index contributed by atoms with van der Waals surface area (Å²) >= 11 is 0. The second-order valence-corrected chi connectivity index (χ2v) is 5.71. The Kier molecular flexibility index (Phi) is 4.74. The minimum absolute atomic E-state index is 0.0872. The highest BCUT2D eigenvalue weighted by Crippen LogP contribution is 2.25. The van der Waals surface area contributed by atoms with Crippen LogP contribution in [0.1, 0.15) is 29.3 Å². The van der Waals surface area contributed by atoms with Crippen LogP contribution in [0.2, 0.25) is 0 Å². The zero-order valence-corrected chi connectivity index (χ0v) is 13.5. The van der Waals surface area contributed by atoms with Gasteiger partial charge in [0, 0.05) is 5.39 Å². The maximum Gasteiger partial charge on any atom is 0.343 e. The molecule has 2 nitrogen and oxygen atoms in total. The zero-order chi connectivity index (χ0) is 18.0. The fourth-order valence-electron chi connectivity index (χ4n) is 2.61. The van der Waals surface area contributed by atoms with Crippen molar-refractivity contribution in [3.8, 4) is 5.75 Å². The smallest absolute Gasteiger partial charge is 0.343 e. The van der Waals surface area contributed by atoms with Crippen molar-refractivity contribution in [3.05, 3.63) is 77.1 Å². The fraction of sp³-hybridized carbons (Fsp3) is 0.150. The lowest BCUT2D eigenvalue weighted by atomic mass is 10.1. The molecule has 0 aliphatic rings. The lowest BCUT2D eigenvalue weighted by Gasteiger charge is -2.07. The normalized spacial score (nSPS) is 10.9. The number of aryl methyl sites for hydroxylation is 1. The molecule has 25 heavy (non-hydrogen) atoms. The molecule has 0 spiro atoms. The van der Waals surface area contributed by atoms with Crippen molar-refractivity contribution < 1.29 is 22.7 Å². The molecule has 0 heterocycles. The van der Waals surface area contributed by atoms with Crippen molar-refractivity contribution in [2.45, 2.75) is 19.8 Å². The number of rotatable bonds is 4. The van der Waals surface area contributed by atoms with Crippen LogP contribution in [0.25, 0.3) is 10.8 Å². The number of benzene rings is 3. The highest BCUT2D eigenvalue weighted by Gasteiger charge is 2.16. The third kappa shape index (κ3) is 3.50. The van der Waals surface area contributed by atoms with Crippen LogP contribution >= 0.6 is 0 Å². The van der Waals surface area contributed by atoms with E-state index in [0.717, 1.165) is 24.5 Å². The molecular formula is C20H15F3O2. The van der Waals surface area contributed by atoms with Crippen LogP contribution in [0.3, 0.4) is 0 Å². The van der Waals surface area contributed by atoms with Gasteiger partial charge in [0.2, 0.25) is 0 Å². The number of halogens is 3. The van der Waals surface area contributed by atoms with E-state index >= 15 is 0 Å². The molecule has 0 aliphatic carbocycles. The average molecular weight is 344 g/mol. The van der Waals surface area contributed by atoms with Crippen molar-refractivity contribution in [2.75, 3.05) is 0 Å². The maximum atomic E-state index is 13.7. The summed E-state index contributed by atoms with van der Waals surface area (Å²) in [6.07, 6.45) is 1.95. The Balaban J connectivity index is 1.85. The van der Waals surface area contributed by atoms with Crippen molar-refractivity contribution in [3.63, 3.8) is 0 Å². The number of hydrogen-bond donors (Lipinski definition) is 0. The molecular weight excluding hydrogens is 329 g/mol. The summed E-state index contributed by atoms with van der Waals surface area (Å²) in [6.45, 7) is 2.07. The van der Waals surface area contributed by atoms with Gasteiger partial charge in [-0.05, 0) is 47.7 Å². The summed E-state index contributed by atoms with van der Waals surface area (Å²) < 4.78 is 45.6. The third-order valence-corrected chi connectivity index (χ3v) is 3.88. The van der Waals surface area contributed by atoms with E-state index in [9.17, 15) is 18.0 Å². The molecule has 0 radical (unpaired) electrons. The summed E-state index contributed by atoms with van der Waals surface area (Å²) in [5.74, 6) is -4.39. The van der Waals surface area contributed by atoms with Crippen molar-refractivity contribution in [2.24, 2.45) is 0 Å². The molecule has 0 saturated carbocycles. The number of ether oxygens (including phenoxy) is 1. The molecule has 0 atom stereocenters. The standard InChI is InChI=1S/C20H15F3O2/c1-2-3-12-4-7-15(8-5-12)25-20(24)13-6-9-16-14(10-13)11-17(21)19(23)18(16)22/h4-11H,2-3H2,1H3. The lowest BCUT2D eigenvalue weighted by Crippen LogP contribution is -2.08. The van der Waals surface area contributed by atoms with Crippen LogP contribution in [-0.2, 0) is 6.42 Å². The molecule has 5 heteroatoms. The van der Waals surface area contributed by atoms with Crippen molar-refractivity contribution >= 4 is 16.7 Å². The van der Waals surface area contributed by atoms with E-state index in [4.69, 9.17) is 4.74 Å². The molecule has 0 aromatic heterocycles. The molecule has 0 N–H and O–H groups in total. The summed E-state index contributed by atoms with van der Waals surface area (Å²) in [5.41, 5.74) is 1.26. The number of esters is 1. The van der Waals surface area contributed by atoms with Gasteiger partial charge in [-0.1, -0.05) is 31.5 Å². The summed E-state index contributed by atoms with van der Waals surface area (Å²) in [4.78, 5) is 12.2. The topological polar surface area (TPSA) is 26.3 Å². The van der Waals surface area contributed by atoms with Crippen LogP contribution < -0.4 is 4.74 Å². The predicted molar refractivity (Wildman–Crippen MR) is 89.2 cm³/mol. The van der Waals surface area contributed by atoms with Crippen LogP contribution in [-0.4, -0.2) is 5.97 Å². The number of hydrogen-bond acceptors (Lipinski definition) is 2. The predicted octanol–water partition coefficient (Wildman–Crippen LogP) is 5.43. The monoisotopic (exact) mass is 344 g/mol. The second-order valence-electron chi connectivity index (χ2n) is 5.71. The average Bonchev–Trinajstić information content (AvgIpc) is 2.61. The van der Waals surface area contributed by atoms with Gasteiger partial charge in [-0.15, -0.1) is 0 Å². The van der Waals surface area contributed by atoms with E-state index in [1.165, 1.54) is 18.2 Å². The van der Waals surface area contributed by atoms with Gasteiger partial charge in [0.05, 0.1) is 5.56 Å². The van der Waals surface area contributed by atoms with E-state index in [1.807, 2.05) is 12.1 Å². The Morgan fingerprint density at radius 1 is 0.960 bits per heavy atom. The van der Waals surface area contributed by atoms with Gasteiger partial charge in [0.15, 0.2) is 17.5 Å². The molecule has 0 aliphatic heterocycles. The molecule has 3 rings (SSSR count). The molecule has 0 bridgehead atoms. The number of carbonyl (C=O) groups is 1. The van der Waals surface area contributed by atoms with Gasteiger partial charge < -0.3 is 4.74 Å². The summed E-state index contributed by atoms with van der Waals surface area (Å²) in [6, 6.07) is 11.8. The van der Waals surface area contributed by atoms with Crippen molar-refractivity contribution in [1.29, 1.82) is 0 Å². The SMILES string of the molecule is CCCc1ccc(OC(=O)c2ccc3c(F)c(F)c(F)cc3c2)cc1. The Labute approximate surface area is 142 Å². The second kappa shape index (κ2) is 6.97. The zero-order valence-electron chi connectivity index (χ0n) is 13.5. The molecule has 0 amide bonds. The Morgan fingerprint density at radius 3 is 2.36 bits per heavy atom. The first-order valence-corrected chi connectivity index (χ1v) is 7.88. The van der Waals surface area contributed by atoms with Gasteiger partial charge in [-0.3, -0.25) is 0 Å². The Morgan fingerprint density at radius 2 is 1.68 bits per heavy atom. The van der Waals surface area contributed by atoms with Crippen LogP contribution in [0.4, 0.5) is 13.2 Å². The van der Waals surface area contributed by atoms with Crippen LogP contribution in [0.15, 0.2) is 48.5 Å². The minimum Gasteiger partial charge on any atom is -0.423 e. The number of fused-ring (bicyclic) bond motifs is 1. The van der Waals surface area contributed by atoms with Crippen LogP contribution in [0, 0.1) is 17.5 Å². The van der Waals surface area contributed by atoms with Crippen molar-refractivity contribution in [1.82, 2.24) is 0 Å². The van der Waals surface area contributed by atoms with Gasteiger partial charge in [-0.25, -0.2) is 18.0 Å². The van der Waals surface area contributed by atoms with E-state index in [0.29, 0.717) is 5.75 Å². The van der Waals surface area contributed by atoms with Gasteiger partial charge in [0.25, 0.3) is 0 Å². The summed E-state index contributed by atoms with van der Waals surface area (Å²) in [5, 5.41) is -0.0106. The molecule has 3 aromatic carbocycles. The third-order valence-electron chi connectivity index (χ3n) is 3.88. The van der Waals surface area contributed by atoms with Gasteiger partial charge in [-0.2, -0.15) is 0 Å². The van der Waals surface area contributed by atoms with Crippen LogP contribution in [0.5, 0.6) is 5.75 Å². The first-order chi connectivity index (χ1) is 12.0. The Hall–Kier alpha value is -2.82. The van der Waals surface area contributed by atoms with E-state index in [2.05, 4.69) is 6.92 Å². The minimum atomic E-state index is -1.53. The highest BCUT2D eigenvalue weighted by molar-refractivity contribution is 5.96. The largest absolute Gasteiger partial charge is 0.423 e. The molecule has 0 unspecified atom stereocenters. The first-order valence-electron chi connectivity index (χ1n) is 7.88. The lowest BCUT2D eigenvalue weighted by molar-refractivity contribution is 0.0735. The molecule has 0 saturated heterocycles. The number of carbonyl (C=O) groups excluding carboxylic acids is 1. The highest BCUT2D eigenvalue weighted by atomic mass is 19.2. The fourth-order valence-corrected chi connectivity index (χ4v) is 2.61. The quantitative estimate of drug-likeness (QED) is 0.358. The van der Waals surface area contributed by atoms with Gasteiger partial charge in [0.1, 0.15) is 5.75 Å². The maximum absolute atomic E-state index is 13.7. The Bertz CT molecular complexity index is 934. The first kappa shape index (κ1) is 17.0. The molecule has 3 aromatic rings. The molecule has 128 valence electrons. The van der Waals surface area contributed by atoms with Gasteiger partial charge >= 0.3 is 5.97 Å². The summed E-state index contributed by atoms with van der Waals surface area (Å²) in [7, 11) is 0. The van der Waals surface area contributed by atoms with E-state index < -0.39 is 23.4 Å². The molecule has 0 fully saturated rings. The van der Waals surface area contributed by atoms with E-state index in [-0.39, 0.29) is 16.3 Å². The van der Waals surface area contributed by atoms with E-state index in [1.54, 1.807) is 12.1 Å².